The molecule has 1 saturated heterocycles. The van der Waals surface area contributed by atoms with Crippen molar-refractivity contribution in [1.82, 2.24) is 4.90 Å². The molecule has 0 saturated carbocycles. The Hall–Kier alpha value is -3.30. The Kier molecular flexibility index (Phi) is 8.45. The number of fused-ring (bicyclic) bond motifs is 1. The zero-order valence-corrected chi connectivity index (χ0v) is 23.2. The molecular weight excluding hydrogens is 580 g/mol. The first kappa shape index (κ1) is 30.2. The van der Waals surface area contributed by atoms with Crippen molar-refractivity contribution < 1.29 is 36.2 Å². The number of hydrogen-bond acceptors (Lipinski definition) is 2. The Morgan fingerprint density at radius 3 is 2.29 bits per heavy atom. The Morgan fingerprint density at radius 2 is 1.64 bits per heavy atom. The van der Waals surface area contributed by atoms with E-state index in [1.54, 1.807) is 23.1 Å². The van der Waals surface area contributed by atoms with Crippen LogP contribution in [0.25, 0.3) is 11.1 Å². The molecular formula is C32H28ClF6NO2. The molecule has 0 atom stereocenters. The molecule has 1 heterocycles. The fourth-order valence-electron chi connectivity index (χ4n) is 5.92. The van der Waals surface area contributed by atoms with E-state index in [-0.39, 0.29) is 28.6 Å². The minimum atomic E-state index is -4.63. The minimum Gasteiger partial charge on any atom is -0.478 e. The molecule has 0 aromatic heterocycles. The maximum absolute atomic E-state index is 13.7. The highest BCUT2D eigenvalue weighted by Crippen LogP contribution is 2.45. The van der Waals surface area contributed by atoms with Crippen molar-refractivity contribution in [3.8, 4) is 0 Å². The topological polar surface area (TPSA) is 40.5 Å². The van der Waals surface area contributed by atoms with Gasteiger partial charge in [-0.1, -0.05) is 54.1 Å². The SMILES string of the molecule is O=C(O)c1ccc2c(c1)CCCC(c1cccc(C(F)(F)F)c1Cl)=C2c1ccc(CC2CN(CCC(F)(F)F)C2)cc1. The number of hydrogen-bond donors (Lipinski definition) is 1. The van der Waals surface area contributed by atoms with Gasteiger partial charge in [0.05, 0.1) is 22.6 Å². The molecule has 2 aliphatic rings. The number of aromatic carboxylic acids is 1. The van der Waals surface area contributed by atoms with Gasteiger partial charge in [-0.2, -0.15) is 26.3 Å². The number of carboxylic acid groups (broad SMARTS) is 1. The normalized spacial score (nSPS) is 16.6. The Bertz CT molecular complexity index is 1500. The van der Waals surface area contributed by atoms with E-state index >= 15 is 0 Å². The largest absolute Gasteiger partial charge is 0.478 e. The summed E-state index contributed by atoms with van der Waals surface area (Å²) < 4.78 is 78.7. The number of aryl methyl sites for hydroxylation is 1. The zero-order chi connectivity index (χ0) is 30.2. The van der Waals surface area contributed by atoms with E-state index in [1.165, 1.54) is 12.1 Å². The Morgan fingerprint density at radius 1 is 0.929 bits per heavy atom. The van der Waals surface area contributed by atoms with Gasteiger partial charge < -0.3 is 10.0 Å². The first-order valence-electron chi connectivity index (χ1n) is 13.6. The van der Waals surface area contributed by atoms with Crippen LogP contribution in [0.5, 0.6) is 0 Å². The molecule has 10 heteroatoms. The van der Waals surface area contributed by atoms with Gasteiger partial charge in [0, 0.05) is 19.6 Å². The van der Waals surface area contributed by atoms with Crippen LogP contribution in [0.3, 0.4) is 0 Å². The summed E-state index contributed by atoms with van der Waals surface area (Å²) in [6.45, 7) is 1.19. The highest BCUT2D eigenvalue weighted by molar-refractivity contribution is 6.33. The van der Waals surface area contributed by atoms with E-state index in [2.05, 4.69) is 0 Å². The number of likely N-dealkylation sites (tertiary alicyclic amines) is 1. The number of halogens is 7. The third-order valence-corrected chi connectivity index (χ3v) is 8.34. The molecule has 3 aromatic carbocycles. The Balaban J connectivity index is 1.50. The maximum Gasteiger partial charge on any atom is 0.417 e. The molecule has 1 N–H and O–H groups in total. The molecule has 1 aliphatic heterocycles. The quantitative estimate of drug-likeness (QED) is 0.273. The molecule has 0 radical (unpaired) electrons. The number of rotatable bonds is 7. The third-order valence-electron chi connectivity index (χ3n) is 7.94. The molecule has 3 aromatic rings. The van der Waals surface area contributed by atoms with Gasteiger partial charge in [-0.05, 0) is 88.8 Å². The van der Waals surface area contributed by atoms with Gasteiger partial charge in [-0.25, -0.2) is 4.79 Å². The molecule has 0 spiro atoms. The van der Waals surface area contributed by atoms with Gasteiger partial charge >= 0.3 is 18.3 Å². The highest BCUT2D eigenvalue weighted by Gasteiger charge is 2.35. The lowest BCUT2D eigenvalue weighted by molar-refractivity contribution is -0.141. The van der Waals surface area contributed by atoms with Crippen LogP contribution in [0.15, 0.2) is 60.7 Å². The van der Waals surface area contributed by atoms with Crippen molar-refractivity contribution in [2.24, 2.45) is 5.92 Å². The number of alkyl halides is 6. The number of carbonyl (C=O) groups is 1. The average Bonchev–Trinajstić information content (AvgIpc) is 3.08. The molecule has 1 fully saturated rings. The average molecular weight is 608 g/mol. The lowest BCUT2D eigenvalue weighted by Crippen LogP contribution is -2.48. The predicted octanol–water partition coefficient (Wildman–Crippen LogP) is 8.78. The van der Waals surface area contributed by atoms with Crippen LogP contribution in [0.1, 0.15) is 63.0 Å². The third kappa shape index (κ3) is 6.68. The Labute approximate surface area is 244 Å². The van der Waals surface area contributed by atoms with E-state index in [9.17, 15) is 36.2 Å². The number of benzene rings is 3. The molecule has 222 valence electrons. The summed E-state index contributed by atoms with van der Waals surface area (Å²) in [5.74, 6) is -0.818. The predicted molar refractivity (Wildman–Crippen MR) is 149 cm³/mol. The van der Waals surface area contributed by atoms with Crippen molar-refractivity contribution in [2.75, 3.05) is 19.6 Å². The summed E-state index contributed by atoms with van der Waals surface area (Å²) in [7, 11) is 0. The summed E-state index contributed by atoms with van der Waals surface area (Å²) in [4.78, 5) is 13.4. The van der Waals surface area contributed by atoms with Crippen LogP contribution in [-0.2, 0) is 19.0 Å². The second-order valence-electron chi connectivity index (χ2n) is 10.9. The smallest absolute Gasteiger partial charge is 0.417 e. The number of carboxylic acids is 1. The summed E-state index contributed by atoms with van der Waals surface area (Å²) in [5.41, 5.74) is 4.16. The fourth-order valence-corrected chi connectivity index (χ4v) is 6.27. The first-order valence-corrected chi connectivity index (χ1v) is 14.0. The summed E-state index contributed by atoms with van der Waals surface area (Å²) in [6, 6.07) is 16.3. The van der Waals surface area contributed by atoms with E-state index in [4.69, 9.17) is 11.6 Å². The van der Waals surface area contributed by atoms with E-state index in [1.807, 2.05) is 24.3 Å². The second-order valence-corrected chi connectivity index (χ2v) is 11.3. The standard InChI is InChI=1S/C32H28ClF6NO2/c33-29-26(5-2-6-27(29)32(37,38)39)25-4-1-3-22-16-23(30(41)42)11-12-24(22)28(25)21-9-7-19(8-10-21)15-20-17-40(18-20)14-13-31(34,35)36/h2,5-12,16,20H,1,3-4,13-15,17-18H2,(H,41,42). The lowest BCUT2D eigenvalue weighted by atomic mass is 9.85. The summed E-state index contributed by atoms with van der Waals surface area (Å²) in [6.07, 6.45) is -7.34. The number of nitrogens with zero attached hydrogens (tertiary/aromatic N) is 1. The van der Waals surface area contributed by atoms with Crippen molar-refractivity contribution in [2.45, 2.75) is 44.5 Å². The second kappa shape index (κ2) is 11.8. The molecule has 0 amide bonds. The van der Waals surface area contributed by atoms with Gasteiger partial charge in [0.2, 0.25) is 0 Å². The van der Waals surface area contributed by atoms with Crippen LogP contribution < -0.4 is 0 Å². The van der Waals surface area contributed by atoms with Crippen LogP contribution in [0.2, 0.25) is 5.02 Å². The van der Waals surface area contributed by atoms with Gasteiger partial charge in [0.1, 0.15) is 0 Å². The zero-order valence-electron chi connectivity index (χ0n) is 22.5. The molecule has 0 unspecified atom stereocenters. The minimum absolute atomic E-state index is 0.00301. The van der Waals surface area contributed by atoms with Crippen molar-refractivity contribution in [3.63, 3.8) is 0 Å². The number of allylic oxidation sites excluding steroid dienone is 1. The summed E-state index contributed by atoms with van der Waals surface area (Å²) >= 11 is 6.39. The molecule has 42 heavy (non-hydrogen) atoms. The van der Waals surface area contributed by atoms with Crippen LogP contribution >= 0.6 is 11.6 Å². The molecule has 5 rings (SSSR count). The lowest BCUT2D eigenvalue weighted by Gasteiger charge is -2.39. The van der Waals surface area contributed by atoms with Crippen LogP contribution in [0, 0.1) is 5.92 Å². The van der Waals surface area contributed by atoms with E-state index in [0.29, 0.717) is 49.9 Å². The van der Waals surface area contributed by atoms with Gasteiger partial charge in [0.25, 0.3) is 0 Å². The molecule has 1 aliphatic carbocycles. The fraction of sp³-hybridized carbons (Fsp3) is 0.344. The van der Waals surface area contributed by atoms with E-state index < -0.39 is 30.3 Å². The molecule has 3 nitrogen and oxygen atoms in total. The van der Waals surface area contributed by atoms with E-state index in [0.717, 1.165) is 28.3 Å². The molecule has 0 bridgehead atoms. The summed E-state index contributed by atoms with van der Waals surface area (Å²) in [5, 5.41) is 9.16. The van der Waals surface area contributed by atoms with Crippen LogP contribution in [-0.4, -0.2) is 41.8 Å². The highest BCUT2D eigenvalue weighted by atomic mass is 35.5. The van der Waals surface area contributed by atoms with Crippen LogP contribution in [0.4, 0.5) is 26.3 Å². The van der Waals surface area contributed by atoms with Gasteiger partial charge in [0.15, 0.2) is 0 Å². The van der Waals surface area contributed by atoms with Crippen molar-refractivity contribution in [3.05, 3.63) is 105 Å². The monoisotopic (exact) mass is 607 g/mol. The van der Waals surface area contributed by atoms with Gasteiger partial charge in [-0.3, -0.25) is 0 Å². The van der Waals surface area contributed by atoms with Crippen molar-refractivity contribution in [1.29, 1.82) is 0 Å². The van der Waals surface area contributed by atoms with Gasteiger partial charge in [-0.15, -0.1) is 0 Å². The first-order chi connectivity index (χ1) is 19.8. The van der Waals surface area contributed by atoms with Crippen molar-refractivity contribution >= 4 is 28.7 Å². The maximum atomic E-state index is 13.7.